The van der Waals surface area contributed by atoms with E-state index in [1.54, 1.807) is 0 Å². The predicted molar refractivity (Wildman–Crippen MR) is 121 cm³/mol. The van der Waals surface area contributed by atoms with Crippen LogP contribution in [0, 0.1) is 55.5 Å². The predicted octanol–water partition coefficient (Wildman–Crippen LogP) is 6.42. The lowest BCUT2D eigenvalue weighted by Gasteiger charge is -1.96. The first-order valence-electron chi connectivity index (χ1n) is 9.13. The Morgan fingerprint density at radius 3 is 1.11 bits per heavy atom. The van der Waals surface area contributed by atoms with Crippen molar-refractivity contribution < 1.29 is 0 Å². The summed E-state index contributed by atoms with van der Waals surface area (Å²) in [5.74, 6) is 9.76. The second-order valence-corrected chi connectivity index (χ2v) is 8.00. The van der Waals surface area contributed by atoms with Crippen molar-refractivity contribution in [2.45, 2.75) is 20.8 Å². The highest BCUT2D eigenvalue weighted by Gasteiger charge is 1.97. The molecular weight excluding hydrogens is 355 g/mol. The van der Waals surface area contributed by atoms with Gasteiger partial charge in [-0.1, -0.05) is 54.2 Å². The Morgan fingerprint density at radius 2 is 0.821 bits per heavy atom. The van der Waals surface area contributed by atoms with E-state index in [2.05, 4.69) is 91.9 Å². The molecule has 0 fully saturated rings. The summed E-state index contributed by atoms with van der Waals surface area (Å²) >= 11 is 0. The fourth-order valence-corrected chi connectivity index (χ4v) is 3.50. The molecule has 134 valence electrons. The summed E-state index contributed by atoms with van der Waals surface area (Å²) in [5.41, 5.74) is 16.5. The summed E-state index contributed by atoms with van der Waals surface area (Å²) < 4.78 is 0. The van der Waals surface area contributed by atoms with Crippen molar-refractivity contribution in [2.24, 2.45) is 0 Å². The molecule has 0 aliphatic heterocycles. The van der Waals surface area contributed by atoms with Crippen LogP contribution in [-0.4, -0.2) is 0 Å². The van der Waals surface area contributed by atoms with Gasteiger partial charge in [-0.05, 0) is 90.8 Å². The molecular formula is C27H21P. The van der Waals surface area contributed by atoms with Gasteiger partial charge in [-0.15, -0.1) is 0 Å². The maximum absolute atomic E-state index is 3.30. The van der Waals surface area contributed by atoms with Crippen LogP contribution in [0.3, 0.4) is 0 Å². The molecule has 3 aromatic rings. The van der Waals surface area contributed by atoms with Crippen molar-refractivity contribution in [2.75, 3.05) is 0 Å². The van der Waals surface area contributed by atoms with Gasteiger partial charge in [0, 0.05) is 16.7 Å². The van der Waals surface area contributed by atoms with E-state index in [0.29, 0.717) is 0 Å². The number of hydrogen-bond acceptors (Lipinski definition) is 0. The van der Waals surface area contributed by atoms with Gasteiger partial charge in [0.25, 0.3) is 0 Å². The van der Waals surface area contributed by atoms with E-state index in [9.17, 15) is 0 Å². The lowest BCUT2D eigenvalue weighted by molar-refractivity contribution is 1.46. The summed E-state index contributed by atoms with van der Waals surface area (Å²) in [5, 5.41) is 0. The van der Waals surface area contributed by atoms with Gasteiger partial charge in [0.15, 0.2) is 0 Å². The monoisotopic (exact) mass is 376 g/mol. The average Bonchev–Trinajstić information content (AvgIpc) is 2.67. The Labute approximate surface area is 169 Å². The van der Waals surface area contributed by atoms with E-state index in [4.69, 9.17) is 0 Å². The lowest BCUT2D eigenvalue weighted by Crippen LogP contribution is -1.77. The van der Waals surface area contributed by atoms with Crippen LogP contribution in [0.15, 0.2) is 72.8 Å². The van der Waals surface area contributed by atoms with E-state index >= 15 is 0 Å². The first kappa shape index (κ1) is 19.5. The van der Waals surface area contributed by atoms with E-state index in [1.807, 2.05) is 36.4 Å². The molecule has 3 aromatic carbocycles. The topological polar surface area (TPSA) is 0 Å². The van der Waals surface area contributed by atoms with Crippen molar-refractivity contribution in [3.8, 4) is 34.7 Å². The number of rotatable bonds is 0. The highest BCUT2D eigenvalue weighted by atomic mass is 31.1. The van der Waals surface area contributed by atoms with Crippen molar-refractivity contribution in [1.29, 1.82) is 0 Å². The Bertz CT molecular complexity index is 1020. The lowest BCUT2D eigenvalue weighted by atomic mass is 10.1. The Kier molecular flexibility index (Phi) is 6.72. The zero-order valence-corrected chi connectivity index (χ0v) is 17.3. The van der Waals surface area contributed by atoms with Crippen LogP contribution in [0.2, 0.25) is 0 Å². The van der Waals surface area contributed by atoms with Crippen LogP contribution in [0.25, 0.3) is 0 Å². The first-order chi connectivity index (χ1) is 13.6. The average molecular weight is 376 g/mol. The molecule has 0 N–H and O–H groups in total. The highest BCUT2D eigenvalue weighted by Crippen LogP contribution is 2.31. The van der Waals surface area contributed by atoms with Gasteiger partial charge in [-0.3, -0.25) is 0 Å². The molecule has 1 heteroatoms. The van der Waals surface area contributed by atoms with Gasteiger partial charge >= 0.3 is 0 Å². The molecule has 0 atom stereocenters. The second-order valence-electron chi connectivity index (χ2n) is 6.65. The van der Waals surface area contributed by atoms with E-state index in [0.717, 1.165) is 16.7 Å². The van der Waals surface area contributed by atoms with E-state index < -0.39 is 7.92 Å². The minimum atomic E-state index is -1.04. The molecule has 0 spiro atoms. The number of hydrogen-bond donors (Lipinski definition) is 0. The summed E-state index contributed by atoms with van der Waals surface area (Å²) in [6.07, 6.45) is 0. The van der Waals surface area contributed by atoms with Crippen LogP contribution in [0.1, 0.15) is 33.4 Å². The summed E-state index contributed by atoms with van der Waals surface area (Å²) in [6, 6.07) is 24.6. The molecule has 3 rings (SSSR count). The third-order valence-corrected chi connectivity index (χ3v) is 5.00. The molecule has 0 saturated heterocycles. The highest BCUT2D eigenvalue weighted by molar-refractivity contribution is 7.72. The van der Waals surface area contributed by atoms with Crippen LogP contribution >= 0.6 is 7.92 Å². The maximum atomic E-state index is 3.30. The van der Waals surface area contributed by atoms with Crippen molar-refractivity contribution in [3.05, 3.63) is 106 Å². The number of aryl methyl sites for hydroxylation is 3. The van der Waals surface area contributed by atoms with Crippen LogP contribution in [0.4, 0.5) is 0 Å². The molecule has 0 radical (unpaired) electrons. The Hall–Kier alpha value is -3.23. The van der Waals surface area contributed by atoms with Gasteiger partial charge in [0.1, 0.15) is 7.92 Å². The Balaban J connectivity index is 1.93. The molecule has 0 saturated carbocycles. The molecule has 0 amide bonds. The van der Waals surface area contributed by atoms with Crippen LogP contribution in [0.5, 0.6) is 0 Å². The maximum Gasteiger partial charge on any atom is 0.128 e. The van der Waals surface area contributed by atoms with Gasteiger partial charge in [0.2, 0.25) is 0 Å². The fraction of sp³-hybridized carbons (Fsp3) is 0.111. The smallest absolute Gasteiger partial charge is 0.0608 e. The largest absolute Gasteiger partial charge is 0.128 e. The van der Waals surface area contributed by atoms with Gasteiger partial charge < -0.3 is 0 Å². The zero-order valence-electron chi connectivity index (χ0n) is 16.4. The molecule has 0 unspecified atom stereocenters. The molecule has 0 aromatic heterocycles. The van der Waals surface area contributed by atoms with Crippen LogP contribution < -0.4 is 0 Å². The molecule has 0 aliphatic carbocycles. The van der Waals surface area contributed by atoms with Crippen molar-refractivity contribution >= 4 is 7.92 Å². The third kappa shape index (κ3) is 6.19. The van der Waals surface area contributed by atoms with E-state index in [-0.39, 0.29) is 0 Å². The standard InChI is InChI=1S/C27H21P/c1-22-7-4-10-25(19-22)13-16-28(17-14-26-11-5-8-23(2)20-26)18-15-27-12-6-9-24(3)21-27/h4-12,19-21H,1-3H3. The van der Waals surface area contributed by atoms with Gasteiger partial charge in [-0.25, -0.2) is 0 Å². The molecule has 0 heterocycles. The van der Waals surface area contributed by atoms with Crippen molar-refractivity contribution in [3.63, 3.8) is 0 Å². The molecule has 0 nitrogen and oxygen atoms in total. The first-order valence-corrected chi connectivity index (χ1v) is 10.5. The minimum absolute atomic E-state index is 1.00. The normalized spacial score (nSPS) is 9.43. The molecule has 0 aliphatic rings. The quantitative estimate of drug-likeness (QED) is 0.314. The SMILES string of the molecule is Cc1cccc(C#CP(C#Cc2cccc(C)c2)C#Cc2cccc(C)c2)c1. The summed E-state index contributed by atoms with van der Waals surface area (Å²) in [6.45, 7) is 6.22. The van der Waals surface area contributed by atoms with Gasteiger partial charge in [0.05, 0.1) is 0 Å². The van der Waals surface area contributed by atoms with Gasteiger partial charge in [-0.2, -0.15) is 0 Å². The second kappa shape index (κ2) is 9.63. The summed E-state index contributed by atoms with van der Waals surface area (Å²) in [7, 11) is -1.04. The molecule has 0 bridgehead atoms. The van der Waals surface area contributed by atoms with E-state index in [1.165, 1.54) is 16.7 Å². The Morgan fingerprint density at radius 1 is 0.500 bits per heavy atom. The van der Waals surface area contributed by atoms with Crippen molar-refractivity contribution in [1.82, 2.24) is 0 Å². The number of benzene rings is 3. The summed E-state index contributed by atoms with van der Waals surface area (Å²) in [4.78, 5) is 0. The van der Waals surface area contributed by atoms with Crippen LogP contribution in [-0.2, 0) is 0 Å². The zero-order chi connectivity index (χ0) is 19.8. The fourth-order valence-electron chi connectivity index (χ4n) is 2.61. The molecule has 28 heavy (non-hydrogen) atoms. The minimum Gasteiger partial charge on any atom is -0.0608 e. The third-order valence-electron chi connectivity index (χ3n) is 3.99.